The number of benzene rings is 3. The number of fused-ring (bicyclic) bond motifs is 1. The van der Waals surface area contributed by atoms with Gasteiger partial charge in [-0.2, -0.15) is 5.10 Å². The molecule has 0 saturated heterocycles. The highest BCUT2D eigenvalue weighted by molar-refractivity contribution is 6.11. The van der Waals surface area contributed by atoms with Gasteiger partial charge in [-0.3, -0.25) is 14.8 Å². The van der Waals surface area contributed by atoms with Gasteiger partial charge in [0.25, 0.3) is 5.91 Å². The van der Waals surface area contributed by atoms with E-state index in [1.165, 1.54) is 23.1 Å². The van der Waals surface area contributed by atoms with Crippen LogP contribution in [0.2, 0.25) is 0 Å². The summed E-state index contributed by atoms with van der Waals surface area (Å²) in [5.74, 6) is -1.87. The van der Waals surface area contributed by atoms with Gasteiger partial charge in [0, 0.05) is 22.4 Å². The molecule has 1 atom stereocenters. The van der Waals surface area contributed by atoms with Crippen LogP contribution in [0.3, 0.4) is 0 Å². The second-order valence-electron chi connectivity index (χ2n) is 7.18. The number of hydrogen-bond acceptors (Lipinski definition) is 3. The third-order valence-corrected chi connectivity index (χ3v) is 5.41. The number of nitrogens with zero attached hydrogens (tertiary/aromatic N) is 2. The number of anilines is 1. The number of nitrogens with one attached hydrogen (secondary N) is 1. The summed E-state index contributed by atoms with van der Waals surface area (Å²) in [7, 11) is 0. The normalized spacial score (nSPS) is 15.2. The maximum atomic E-state index is 14.9. The number of aromatic carboxylic acids is 1. The van der Waals surface area contributed by atoms with Gasteiger partial charge in [-0.25, -0.2) is 9.18 Å². The molecule has 1 aliphatic rings. The first kappa shape index (κ1) is 18.7. The van der Waals surface area contributed by atoms with Crippen molar-refractivity contribution in [3.05, 3.63) is 107 Å². The van der Waals surface area contributed by atoms with Crippen molar-refractivity contribution < 1.29 is 19.1 Å². The van der Waals surface area contributed by atoms with Crippen LogP contribution in [-0.2, 0) is 0 Å². The molecule has 4 aromatic rings. The van der Waals surface area contributed by atoms with Crippen LogP contribution in [0.5, 0.6) is 0 Å². The maximum absolute atomic E-state index is 14.9. The molecule has 152 valence electrons. The molecule has 0 saturated carbocycles. The van der Waals surface area contributed by atoms with Crippen LogP contribution in [0.1, 0.15) is 38.0 Å². The first-order valence-corrected chi connectivity index (χ1v) is 9.61. The van der Waals surface area contributed by atoms with Crippen molar-refractivity contribution in [3.63, 3.8) is 0 Å². The highest BCUT2D eigenvalue weighted by Crippen LogP contribution is 2.45. The van der Waals surface area contributed by atoms with Gasteiger partial charge in [-0.1, -0.05) is 48.5 Å². The molecular formula is C24H16FN3O3. The summed E-state index contributed by atoms with van der Waals surface area (Å²) < 4.78 is 14.9. The predicted molar refractivity (Wildman–Crippen MR) is 112 cm³/mol. The molecule has 0 fully saturated rings. The van der Waals surface area contributed by atoms with E-state index in [2.05, 4.69) is 10.2 Å². The van der Waals surface area contributed by atoms with Crippen molar-refractivity contribution >= 4 is 17.6 Å². The maximum Gasteiger partial charge on any atom is 0.335 e. The highest BCUT2D eigenvalue weighted by Gasteiger charge is 2.44. The summed E-state index contributed by atoms with van der Waals surface area (Å²) in [6, 6.07) is 20.9. The molecule has 1 aromatic heterocycles. The summed E-state index contributed by atoms with van der Waals surface area (Å²) in [6.07, 6.45) is 0. The van der Waals surface area contributed by atoms with Gasteiger partial charge < -0.3 is 5.11 Å². The van der Waals surface area contributed by atoms with Gasteiger partial charge in [-0.05, 0) is 30.3 Å². The molecule has 0 radical (unpaired) electrons. The van der Waals surface area contributed by atoms with Crippen LogP contribution in [0.15, 0.2) is 78.9 Å². The first-order chi connectivity index (χ1) is 15.1. The number of carbonyl (C=O) groups is 2. The molecule has 0 bridgehead atoms. The van der Waals surface area contributed by atoms with Crippen LogP contribution < -0.4 is 4.90 Å². The van der Waals surface area contributed by atoms with E-state index in [0.717, 1.165) is 5.56 Å². The third kappa shape index (κ3) is 2.98. The minimum atomic E-state index is -1.06. The van der Waals surface area contributed by atoms with Crippen LogP contribution >= 0.6 is 0 Å². The second-order valence-corrected chi connectivity index (χ2v) is 7.18. The van der Waals surface area contributed by atoms with Crippen molar-refractivity contribution in [2.24, 2.45) is 0 Å². The number of H-pyrrole nitrogens is 1. The molecule has 3 aromatic carbocycles. The monoisotopic (exact) mass is 413 g/mol. The van der Waals surface area contributed by atoms with Crippen LogP contribution in [0.25, 0.3) is 11.3 Å². The Labute approximate surface area is 176 Å². The number of carboxylic acids is 1. The molecule has 1 amide bonds. The Morgan fingerprint density at radius 1 is 0.968 bits per heavy atom. The average Bonchev–Trinajstić information content (AvgIpc) is 3.34. The van der Waals surface area contributed by atoms with E-state index in [1.54, 1.807) is 30.3 Å². The van der Waals surface area contributed by atoms with Crippen LogP contribution in [-0.4, -0.2) is 27.2 Å². The Kier molecular flexibility index (Phi) is 4.36. The molecule has 0 spiro atoms. The summed E-state index contributed by atoms with van der Waals surface area (Å²) in [5, 5.41) is 16.4. The zero-order valence-corrected chi connectivity index (χ0v) is 16.1. The molecule has 2 N–H and O–H groups in total. The number of aromatic amines is 1. The van der Waals surface area contributed by atoms with Gasteiger partial charge in [0.05, 0.1) is 17.3 Å². The molecule has 5 rings (SSSR count). The lowest BCUT2D eigenvalue weighted by molar-refractivity contribution is 0.0696. The second kappa shape index (κ2) is 7.21. The van der Waals surface area contributed by atoms with Crippen molar-refractivity contribution in [3.8, 4) is 11.3 Å². The number of halogens is 1. The van der Waals surface area contributed by atoms with Gasteiger partial charge >= 0.3 is 5.97 Å². The quantitative estimate of drug-likeness (QED) is 0.509. The number of carbonyl (C=O) groups excluding carboxylic acids is 1. The molecular weight excluding hydrogens is 397 g/mol. The number of aromatic nitrogens is 2. The highest BCUT2D eigenvalue weighted by atomic mass is 19.1. The van der Waals surface area contributed by atoms with Crippen molar-refractivity contribution in [2.75, 3.05) is 4.90 Å². The number of amides is 1. The van der Waals surface area contributed by atoms with E-state index in [1.807, 2.05) is 30.3 Å². The fourth-order valence-electron chi connectivity index (χ4n) is 3.99. The summed E-state index contributed by atoms with van der Waals surface area (Å²) in [5.41, 5.74) is 3.14. The van der Waals surface area contributed by atoms with Gasteiger partial charge in [0.15, 0.2) is 0 Å². The van der Waals surface area contributed by atoms with Crippen LogP contribution in [0.4, 0.5) is 10.1 Å². The smallest absolute Gasteiger partial charge is 0.335 e. The van der Waals surface area contributed by atoms with Gasteiger partial charge in [0.1, 0.15) is 11.5 Å². The van der Waals surface area contributed by atoms with E-state index in [-0.39, 0.29) is 17.2 Å². The van der Waals surface area contributed by atoms with Crippen molar-refractivity contribution in [2.45, 2.75) is 6.04 Å². The summed E-state index contributed by atoms with van der Waals surface area (Å²) >= 11 is 0. The molecule has 6 nitrogen and oxygen atoms in total. The van der Waals surface area contributed by atoms with Crippen molar-refractivity contribution in [1.82, 2.24) is 10.2 Å². The topological polar surface area (TPSA) is 86.3 Å². The molecule has 7 heteroatoms. The predicted octanol–water partition coefficient (Wildman–Crippen LogP) is 4.66. The fraction of sp³-hybridized carbons (Fsp3) is 0.0417. The lowest BCUT2D eigenvalue weighted by atomic mass is 9.95. The lowest BCUT2D eigenvalue weighted by Crippen LogP contribution is -2.29. The Morgan fingerprint density at radius 3 is 2.32 bits per heavy atom. The Balaban J connectivity index is 1.72. The Bertz CT molecular complexity index is 1300. The SMILES string of the molecule is O=C(O)c1ccc(N2C(=O)c3[nH]nc(-c4ccccc4)c3[C@H]2c2ccccc2F)cc1. The third-order valence-electron chi connectivity index (χ3n) is 5.41. The Morgan fingerprint density at radius 2 is 1.65 bits per heavy atom. The number of carboxylic acid groups (broad SMARTS) is 1. The van der Waals surface area contributed by atoms with E-state index < -0.39 is 17.8 Å². The number of hydrogen-bond donors (Lipinski definition) is 2. The molecule has 31 heavy (non-hydrogen) atoms. The summed E-state index contributed by atoms with van der Waals surface area (Å²) in [6.45, 7) is 0. The standard InChI is InChI=1S/C24H16FN3O3/c25-18-9-5-4-8-17(18)22-19-20(14-6-2-1-3-7-14)26-27-21(19)23(29)28(22)16-12-10-15(11-13-16)24(30)31/h1-13,22H,(H,26,27)(H,30,31)/t22-/m1/s1. The minimum absolute atomic E-state index is 0.1000. The van der Waals surface area contributed by atoms with Gasteiger partial charge in [-0.15, -0.1) is 0 Å². The lowest BCUT2D eigenvalue weighted by Gasteiger charge is -2.27. The zero-order valence-electron chi connectivity index (χ0n) is 16.1. The molecule has 0 aliphatic carbocycles. The Hall–Kier alpha value is -4.26. The van der Waals surface area contributed by atoms with E-state index >= 15 is 0 Å². The zero-order chi connectivity index (χ0) is 21.5. The van der Waals surface area contributed by atoms with E-state index in [9.17, 15) is 19.1 Å². The number of rotatable bonds is 4. The molecule has 2 heterocycles. The summed E-state index contributed by atoms with van der Waals surface area (Å²) in [4.78, 5) is 26.1. The largest absolute Gasteiger partial charge is 0.478 e. The van der Waals surface area contributed by atoms with E-state index in [4.69, 9.17) is 0 Å². The van der Waals surface area contributed by atoms with Crippen LogP contribution in [0, 0.1) is 5.82 Å². The average molecular weight is 413 g/mol. The minimum Gasteiger partial charge on any atom is -0.478 e. The first-order valence-electron chi connectivity index (χ1n) is 9.61. The molecule has 1 aliphatic heterocycles. The fourth-order valence-corrected chi connectivity index (χ4v) is 3.99. The van der Waals surface area contributed by atoms with Crippen molar-refractivity contribution in [1.29, 1.82) is 0 Å². The molecule has 0 unspecified atom stereocenters. The van der Waals surface area contributed by atoms with Gasteiger partial charge in [0.2, 0.25) is 0 Å². The van der Waals surface area contributed by atoms with E-state index in [0.29, 0.717) is 22.5 Å².